The van der Waals surface area contributed by atoms with Gasteiger partial charge in [0, 0.05) is 34.9 Å². The van der Waals surface area contributed by atoms with Gasteiger partial charge in [0.1, 0.15) is 6.04 Å². The Morgan fingerprint density at radius 1 is 1.03 bits per heavy atom. The standard InChI is InChI=1S/C25H28ClN3O3/c1-15-10-11-20(14-21(15)27-16(2)30)28-24(31)23-13-17-6-3-4-9-22(17)29(23)25(32)18-7-5-8-19(26)12-18/h5,7-8,10-12,14,17,22-23H,3-4,6,9,13H2,1-2H3,(H,27,30)(H,28,31). The molecule has 1 aliphatic heterocycles. The van der Waals surface area contributed by atoms with Gasteiger partial charge in [-0.25, -0.2) is 0 Å². The third kappa shape index (κ3) is 4.65. The highest BCUT2D eigenvalue weighted by Gasteiger charge is 2.47. The van der Waals surface area contributed by atoms with E-state index in [0.29, 0.717) is 34.3 Å². The van der Waals surface area contributed by atoms with Crippen molar-refractivity contribution in [2.45, 2.75) is 58.0 Å². The first-order valence-electron chi connectivity index (χ1n) is 11.1. The lowest BCUT2D eigenvalue weighted by Gasteiger charge is -2.33. The number of nitrogens with one attached hydrogen (secondary N) is 2. The van der Waals surface area contributed by atoms with E-state index in [4.69, 9.17) is 11.6 Å². The Kier molecular flexibility index (Phi) is 6.51. The molecule has 6 nitrogen and oxygen atoms in total. The van der Waals surface area contributed by atoms with Gasteiger partial charge in [-0.1, -0.05) is 36.6 Å². The lowest BCUT2D eigenvalue weighted by Crippen LogP contribution is -2.47. The lowest BCUT2D eigenvalue weighted by molar-refractivity contribution is -0.120. The molecule has 1 saturated carbocycles. The fourth-order valence-corrected chi connectivity index (χ4v) is 5.20. The Morgan fingerprint density at radius 3 is 2.56 bits per heavy atom. The van der Waals surface area contributed by atoms with Gasteiger partial charge in [0.15, 0.2) is 0 Å². The van der Waals surface area contributed by atoms with E-state index in [2.05, 4.69) is 10.6 Å². The molecule has 168 valence electrons. The summed E-state index contributed by atoms with van der Waals surface area (Å²) in [7, 11) is 0. The summed E-state index contributed by atoms with van der Waals surface area (Å²) in [5.41, 5.74) is 2.66. The summed E-state index contributed by atoms with van der Waals surface area (Å²) in [6, 6.07) is 11.8. The number of benzene rings is 2. The summed E-state index contributed by atoms with van der Waals surface area (Å²) >= 11 is 6.12. The van der Waals surface area contributed by atoms with Crippen molar-refractivity contribution in [2.75, 3.05) is 10.6 Å². The van der Waals surface area contributed by atoms with Crippen molar-refractivity contribution in [3.63, 3.8) is 0 Å². The summed E-state index contributed by atoms with van der Waals surface area (Å²) in [5, 5.41) is 6.26. The Hall–Kier alpha value is -2.86. The number of likely N-dealkylation sites (tertiary alicyclic amines) is 1. The Bertz CT molecular complexity index is 1050. The predicted octanol–water partition coefficient (Wildman–Crippen LogP) is 5.02. The van der Waals surface area contributed by atoms with Crippen molar-refractivity contribution in [2.24, 2.45) is 5.92 Å². The SMILES string of the molecule is CC(=O)Nc1cc(NC(=O)C2CC3CCCCC3N2C(=O)c2cccc(Cl)c2)ccc1C. The van der Waals surface area contributed by atoms with Crippen LogP contribution in [0.15, 0.2) is 42.5 Å². The molecule has 7 heteroatoms. The largest absolute Gasteiger partial charge is 0.326 e. The average Bonchev–Trinajstić information content (AvgIpc) is 3.15. The van der Waals surface area contributed by atoms with E-state index in [0.717, 1.165) is 31.2 Å². The minimum atomic E-state index is -0.542. The number of amides is 3. The van der Waals surface area contributed by atoms with Gasteiger partial charge in [0.25, 0.3) is 5.91 Å². The van der Waals surface area contributed by atoms with E-state index >= 15 is 0 Å². The number of aryl methyl sites for hydroxylation is 1. The average molecular weight is 454 g/mol. The maximum atomic E-state index is 13.5. The third-order valence-electron chi connectivity index (χ3n) is 6.51. The molecule has 1 aliphatic carbocycles. The quantitative estimate of drug-likeness (QED) is 0.682. The molecule has 3 amide bonds. The number of carbonyl (C=O) groups is 3. The summed E-state index contributed by atoms with van der Waals surface area (Å²) in [5.74, 6) is -0.192. The summed E-state index contributed by atoms with van der Waals surface area (Å²) < 4.78 is 0. The molecule has 0 radical (unpaired) electrons. The van der Waals surface area contributed by atoms with E-state index < -0.39 is 6.04 Å². The van der Waals surface area contributed by atoms with Crippen LogP contribution in [0.3, 0.4) is 0 Å². The second-order valence-corrected chi connectivity index (χ2v) is 9.22. The van der Waals surface area contributed by atoms with Crippen LogP contribution in [0.25, 0.3) is 0 Å². The number of nitrogens with zero attached hydrogens (tertiary/aromatic N) is 1. The first-order valence-corrected chi connectivity index (χ1v) is 11.5. The van der Waals surface area contributed by atoms with Gasteiger partial charge in [-0.2, -0.15) is 0 Å². The zero-order chi connectivity index (χ0) is 22.8. The maximum absolute atomic E-state index is 13.5. The van der Waals surface area contributed by atoms with Crippen LogP contribution in [-0.4, -0.2) is 34.7 Å². The number of carbonyl (C=O) groups excluding carboxylic acids is 3. The first kappa shape index (κ1) is 22.3. The van der Waals surface area contributed by atoms with E-state index in [1.165, 1.54) is 6.92 Å². The summed E-state index contributed by atoms with van der Waals surface area (Å²) in [6.45, 7) is 3.34. The zero-order valence-electron chi connectivity index (χ0n) is 18.4. The minimum Gasteiger partial charge on any atom is -0.326 e. The molecular weight excluding hydrogens is 426 g/mol. The molecular formula is C25H28ClN3O3. The third-order valence-corrected chi connectivity index (χ3v) is 6.75. The van der Waals surface area contributed by atoms with Crippen molar-refractivity contribution >= 4 is 40.7 Å². The van der Waals surface area contributed by atoms with E-state index in [1.807, 2.05) is 19.1 Å². The fourth-order valence-electron chi connectivity index (χ4n) is 5.01. The van der Waals surface area contributed by atoms with Crippen molar-refractivity contribution in [1.29, 1.82) is 0 Å². The smallest absolute Gasteiger partial charge is 0.254 e. The van der Waals surface area contributed by atoms with Crippen LogP contribution in [0.5, 0.6) is 0 Å². The van der Waals surface area contributed by atoms with Crippen LogP contribution in [0.1, 0.15) is 54.9 Å². The highest BCUT2D eigenvalue weighted by Crippen LogP contribution is 2.41. The van der Waals surface area contributed by atoms with Gasteiger partial charge in [-0.05, 0) is 68.0 Å². The highest BCUT2D eigenvalue weighted by molar-refractivity contribution is 6.31. The molecule has 2 aromatic rings. The Balaban J connectivity index is 1.59. The van der Waals surface area contributed by atoms with Gasteiger partial charge in [-0.3, -0.25) is 14.4 Å². The second-order valence-electron chi connectivity index (χ2n) is 8.79. The van der Waals surface area contributed by atoms with E-state index in [1.54, 1.807) is 35.2 Å². The second kappa shape index (κ2) is 9.33. The molecule has 0 bridgehead atoms. The Labute approximate surface area is 193 Å². The van der Waals surface area contributed by atoms with E-state index in [-0.39, 0.29) is 23.8 Å². The maximum Gasteiger partial charge on any atom is 0.254 e. The number of hydrogen-bond acceptors (Lipinski definition) is 3. The molecule has 1 saturated heterocycles. The molecule has 32 heavy (non-hydrogen) atoms. The van der Waals surface area contributed by atoms with Crippen molar-refractivity contribution in [1.82, 2.24) is 4.90 Å². The van der Waals surface area contributed by atoms with Crippen LogP contribution >= 0.6 is 11.6 Å². The van der Waals surface area contributed by atoms with Gasteiger partial charge in [0.2, 0.25) is 11.8 Å². The monoisotopic (exact) mass is 453 g/mol. The van der Waals surface area contributed by atoms with Crippen LogP contribution < -0.4 is 10.6 Å². The molecule has 2 fully saturated rings. The van der Waals surface area contributed by atoms with Crippen molar-refractivity contribution in [3.8, 4) is 0 Å². The van der Waals surface area contributed by atoms with Gasteiger partial charge in [-0.15, -0.1) is 0 Å². The topological polar surface area (TPSA) is 78.5 Å². The molecule has 2 N–H and O–H groups in total. The number of hydrogen-bond donors (Lipinski definition) is 2. The van der Waals surface area contributed by atoms with Crippen LogP contribution in [-0.2, 0) is 9.59 Å². The zero-order valence-corrected chi connectivity index (χ0v) is 19.1. The first-order chi connectivity index (χ1) is 15.3. The van der Waals surface area contributed by atoms with Gasteiger partial charge >= 0.3 is 0 Å². The van der Waals surface area contributed by atoms with Crippen LogP contribution in [0.4, 0.5) is 11.4 Å². The van der Waals surface area contributed by atoms with Crippen LogP contribution in [0.2, 0.25) is 5.02 Å². The molecule has 0 spiro atoms. The molecule has 3 atom stereocenters. The van der Waals surface area contributed by atoms with E-state index in [9.17, 15) is 14.4 Å². The summed E-state index contributed by atoms with van der Waals surface area (Å²) in [4.78, 5) is 40.1. The van der Waals surface area contributed by atoms with Gasteiger partial charge < -0.3 is 15.5 Å². The Morgan fingerprint density at radius 2 is 1.81 bits per heavy atom. The number of fused-ring (bicyclic) bond motifs is 1. The molecule has 2 aliphatic rings. The normalized spacial score (nSPS) is 22.2. The van der Waals surface area contributed by atoms with Crippen molar-refractivity contribution < 1.29 is 14.4 Å². The molecule has 4 rings (SSSR count). The number of halogens is 1. The highest BCUT2D eigenvalue weighted by atomic mass is 35.5. The number of anilines is 2. The predicted molar refractivity (Wildman–Crippen MR) is 126 cm³/mol. The minimum absolute atomic E-state index is 0.0685. The summed E-state index contributed by atoms with van der Waals surface area (Å²) in [6.07, 6.45) is 4.80. The lowest BCUT2D eigenvalue weighted by atomic mass is 9.84. The fraction of sp³-hybridized carbons (Fsp3) is 0.400. The molecule has 3 unspecified atom stereocenters. The molecule has 0 aromatic heterocycles. The van der Waals surface area contributed by atoms with Crippen LogP contribution in [0, 0.1) is 12.8 Å². The molecule has 1 heterocycles. The molecule has 2 aromatic carbocycles. The van der Waals surface area contributed by atoms with Crippen molar-refractivity contribution in [3.05, 3.63) is 58.6 Å². The number of rotatable bonds is 4. The van der Waals surface area contributed by atoms with Gasteiger partial charge in [0.05, 0.1) is 0 Å².